The lowest BCUT2D eigenvalue weighted by Gasteiger charge is -2.56. The van der Waals surface area contributed by atoms with Crippen molar-refractivity contribution < 1.29 is 22.4 Å². The van der Waals surface area contributed by atoms with Crippen LogP contribution in [0.25, 0.3) is 0 Å². The molecule has 2 fully saturated rings. The summed E-state index contributed by atoms with van der Waals surface area (Å²) in [6, 6.07) is 0. The molecule has 3 aliphatic rings. The Kier molecular flexibility index (Phi) is 7.50. The van der Waals surface area contributed by atoms with Crippen LogP contribution < -0.4 is 5.32 Å². The monoisotopic (exact) mass is 541 g/mol. The molecule has 1 heterocycles. The van der Waals surface area contributed by atoms with E-state index < -0.39 is 20.4 Å². The Balaban J connectivity index is 1.66. The Bertz CT molecular complexity index is 988. The van der Waals surface area contributed by atoms with Crippen LogP contribution in [0.15, 0.2) is 6.20 Å². The van der Waals surface area contributed by atoms with Gasteiger partial charge in [0, 0.05) is 18.8 Å². The first-order valence-electron chi connectivity index (χ1n) is 14.0. The first kappa shape index (κ1) is 28.6. The van der Waals surface area contributed by atoms with Gasteiger partial charge < -0.3 is 9.74 Å². The fourth-order valence-electron chi connectivity index (χ4n) is 7.60. The van der Waals surface area contributed by atoms with E-state index in [4.69, 9.17) is 4.43 Å². The molecule has 1 aromatic rings. The number of rotatable bonds is 6. The number of H-pyrrole nitrogens is 1. The second-order valence-electron chi connectivity index (χ2n) is 14.2. The molecular weight excluding hydrogens is 495 g/mol. The summed E-state index contributed by atoms with van der Waals surface area (Å²) in [4.78, 5) is 11.9. The van der Waals surface area contributed by atoms with E-state index in [1.807, 2.05) is 6.20 Å². The van der Waals surface area contributed by atoms with Crippen molar-refractivity contribution in [1.29, 1.82) is 0 Å². The Morgan fingerprint density at radius 3 is 2.54 bits per heavy atom. The van der Waals surface area contributed by atoms with Gasteiger partial charge in [0.25, 0.3) is 0 Å². The summed E-state index contributed by atoms with van der Waals surface area (Å²) in [6.45, 7) is 16.7. The van der Waals surface area contributed by atoms with Gasteiger partial charge in [-0.05, 0) is 96.7 Å². The summed E-state index contributed by atoms with van der Waals surface area (Å²) < 4.78 is 46.2. The number of aromatic amines is 1. The van der Waals surface area contributed by atoms with E-state index in [0.717, 1.165) is 50.6 Å². The minimum absolute atomic E-state index is 0.0152. The molecule has 0 radical (unpaired) electrons. The van der Waals surface area contributed by atoms with Crippen molar-refractivity contribution in [2.75, 3.05) is 13.2 Å². The number of hydrogen-bond acceptors (Lipinski definition) is 3. The van der Waals surface area contributed by atoms with Crippen LogP contribution in [0.4, 0.5) is 13.2 Å². The van der Waals surface area contributed by atoms with E-state index in [9.17, 15) is 18.0 Å². The quantitative estimate of drug-likeness (QED) is 0.396. The Labute approximate surface area is 221 Å². The average Bonchev–Trinajstić information content (AvgIpc) is 3.39. The highest BCUT2D eigenvalue weighted by Crippen LogP contribution is 2.61. The van der Waals surface area contributed by atoms with E-state index in [0.29, 0.717) is 12.5 Å². The molecule has 210 valence electrons. The standard InChI is InChI=1S/C28H46F3N3O2Si/c1-25(2,3)37(6,7)36-17-19-13-23-18(15-33-34-23)14-27(19,5)22-10-12-26(4)11-8-9-21(26)20(22)16-32-24(35)28(29,30)31/h15,19-22H,8-14,16-17H2,1-7H3,(H,32,35)(H,33,34)/t19-,20+,21+,22+,26+,27+/m1/s1. The van der Waals surface area contributed by atoms with Crippen LogP contribution in [0.2, 0.25) is 18.1 Å². The van der Waals surface area contributed by atoms with Crippen LogP contribution in [0.1, 0.15) is 78.0 Å². The molecule has 1 amide bonds. The molecule has 6 atom stereocenters. The van der Waals surface area contributed by atoms with Gasteiger partial charge in [0.05, 0.1) is 6.20 Å². The highest BCUT2D eigenvalue weighted by Gasteiger charge is 2.56. The molecule has 5 nitrogen and oxygen atoms in total. The van der Waals surface area contributed by atoms with E-state index >= 15 is 0 Å². The molecule has 2 saturated carbocycles. The normalized spacial score (nSPS) is 34.6. The zero-order valence-electron chi connectivity index (χ0n) is 23.6. The van der Waals surface area contributed by atoms with Crippen molar-refractivity contribution in [2.24, 2.45) is 34.5 Å². The first-order valence-corrected chi connectivity index (χ1v) is 16.9. The number of hydrogen-bond donors (Lipinski definition) is 2. The van der Waals surface area contributed by atoms with Crippen LogP contribution in [0, 0.1) is 34.5 Å². The maximum atomic E-state index is 13.1. The maximum absolute atomic E-state index is 13.1. The summed E-state index contributed by atoms with van der Waals surface area (Å²) in [6.07, 6.45) is 4.05. The van der Waals surface area contributed by atoms with Crippen molar-refractivity contribution in [1.82, 2.24) is 15.5 Å². The van der Waals surface area contributed by atoms with Crippen LogP contribution in [0.3, 0.4) is 0 Å². The van der Waals surface area contributed by atoms with Crippen LogP contribution in [0.5, 0.6) is 0 Å². The second-order valence-corrected chi connectivity index (χ2v) is 19.0. The summed E-state index contributed by atoms with van der Waals surface area (Å²) in [5, 5.41) is 9.92. The molecule has 0 bridgehead atoms. The molecule has 9 heteroatoms. The number of nitrogens with one attached hydrogen (secondary N) is 2. The largest absolute Gasteiger partial charge is 0.471 e. The van der Waals surface area contributed by atoms with Crippen molar-refractivity contribution in [3.05, 3.63) is 17.5 Å². The van der Waals surface area contributed by atoms with Gasteiger partial charge in [0.1, 0.15) is 0 Å². The topological polar surface area (TPSA) is 67.0 Å². The minimum atomic E-state index is -4.86. The van der Waals surface area contributed by atoms with Gasteiger partial charge in [-0.2, -0.15) is 18.3 Å². The summed E-state index contributed by atoms with van der Waals surface area (Å²) in [5.41, 5.74) is 2.36. The van der Waals surface area contributed by atoms with Crippen LogP contribution in [-0.2, 0) is 22.1 Å². The number of aromatic nitrogens is 2. The van der Waals surface area contributed by atoms with Crippen LogP contribution >= 0.6 is 0 Å². The molecule has 0 aliphatic heterocycles. The lowest BCUT2D eigenvalue weighted by atomic mass is 9.49. The molecular formula is C28H46F3N3O2Si. The fourth-order valence-corrected chi connectivity index (χ4v) is 8.66. The third kappa shape index (κ3) is 5.41. The van der Waals surface area contributed by atoms with Crippen molar-refractivity contribution >= 4 is 14.2 Å². The lowest BCUT2D eigenvalue weighted by molar-refractivity contribution is -0.174. The summed E-state index contributed by atoms with van der Waals surface area (Å²) >= 11 is 0. The zero-order valence-corrected chi connectivity index (χ0v) is 24.6. The number of nitrogens with zero attached hydrogens (tertiary/aromatic N) is 1. The molecule has 0 spiro atoms. The Hall–Kier alpha value is -1.35. The van der Waals surface area contributed by atoms with Gasteiger partial charge in [0.2, 0.25) is 0 Å². The number of alkyl halides is 3. The molecule has 0 aromatic carbocycles. The number of amides is 1. The molecule has 4 rings (SSSR count). The molecule has 2 N–H and O–H groups in total. The van der Waals surface area contributed by atoms with E-state index in [-0.39, 0.29) is 40.2 Å². The minimum Gasteiger partial charge on any atom is -0.417 e. The van der Waals surface area contributed by atoms with Gasteiger partial charge in [-0.25, -0.2) is 0 Å². The molecule has 1 aromatic heterocycles. The van der Waals surface area contributed by atoms with Crippen molar-refractivity contribution in [3.63, 3.8) is 0 Å². The number of carbonyl (C=O) groups excluding carboxylic acids is 1. The predicted octanol–water partition coefficient (Wildman–Crippen LogP) is 6.66. The molecule has 0 unspecified atom stereocenters. The van der Waals surface area contributed by atoms with Gasteiger partial charge in [-0.15, -0.1) is 0 Å². The van der Waals surface area contributed by atoms with Gasteiger partial charge in [-0.1, -0.05) is 41.0 Å². The third-order valence-corrected chi connectivity index (χ3v) is 15.5. The molecule has 0 saturated heterocycles. The van der Waals surface area contributed by atoms with Crippen molar-refractivity contribution in [2.45, 2.75) is 104 Å². The smallest absolute Gasteiger partial charge is 0.417 e. The number of halogens is 3. The van der Waals surface area contributed by atoms with E-state index in [2.05, 4.69) is 63.2 Å². The first-order chi connectivity index (χ1) is 17.0. The second kappa shape index (κ2) is 9.68. The molecule has 3 aliphatic carbocycles. The molecule has 37 heavy (non-hydrogen) atoms. The van der Waals surface area contributed by atoms with Gasteiger partial charge >= 0.3 is 12.1 Å². The predicted molar refractivity (Wildman–Crippen MR) is 141 cm³/mol. The fraction of sp³-hybridized carbons (Fsp3) is 0.857. The Morgan fingerprint density at radius 2 is 1.89 bits per heavy atom. The third-order valence-electron chi connectivity index (χ3n) is 11.0. The van der Waals surface area contributed by atoms with Gasteiger partial charge in [-0.3, -0.25) is 9.89 Å². The summed E-state index contributed by atoms with van der Waals surface area (Å²) in [5.74, 6) is -1.05. The van der Waals surface area contributed by atoms with E-state index in [1.165, 1.54) is 5.56 Å². The average molecular weight is 542 g/mol. The lowest BCUT2D eigenvalue weighted by Crippen LogP contribution is -2.55. The number of fused-ring (bicyclic) bond motifs is 2. The van der Waals surface area contributed by atoms with Crippen molar-refractivity contribution in [3.8, 4) is 0 Å². The zero-order chi connectivity index (χ0) is 27.4. The summed E-state index contributed by atoms with van der Waals surface area (Å²) in [7, 11) is -1.99. The van der Waals surface area contributed by atoms with Crippen LogP contribution in [-0.4, -0.2) is 43.7 Å². The maximum Gasteiger partial charge on any atom is 0.471 e. The highest BCUT2D eigenvalue weighted by molar-refractivity contribution is 6.74. The SMILES string of the molecule is CC(C)(C)[Si](C)(C)OC[C@H]1Cc2[nH]ncc2C[C@]1(C)[C@H]1CC[C@]2(C)CCC[C@H]2[C@@H]1CNC(=O)C(F)(F)F. The van der Waals surface area contributed by atoms with Gasteiger partial charge in [0.15, 0.2) is 8.32 Å². The number of carbonyl (C=O) groups is 1. The Morgan fingerprint density at radius 1 is 1.19 bits per heavy atom. The highest BCUT2D eigenvalue weighted by atomic mass is 28.4. The van der Waals surface area contributed by atoms with E-state index in [1.54, 1.807) is 0 Å².